The van der Waals surface area contributed by atoms with E-state index in [9.17, 15) is 4.79 Å². The van der Waals surface area contributed by atoms with Gasteiger partial charge in [-0.15, -0.1) is 0 Å². The van der Waals surface area contributed by atoms with Gasteiger partial charge in [-0.3, -0.25) is 9.48 Å². The van der Waals surface area contributed by atoms with Gasteiger partial charge in [0.15, 0.2) is 0 Å². The van der Waals surface area contributed by atoms with Gasteiger partial charge in [-0.2, -0.15) is 5.10 Å². The van der Waals surface area contributed by atoms with Gasteiger partial charge in [-0.05, 0) is 18.4 Å². The van der Waals surface area contributed by atoms with Crippen molar-refractivity contribution in [3.8, 4) is 0 Å². The first kappa shape index (κ1) is 14.6. The van der Waals surface area contributed by atoms with Gasteiger partial charge in [0.1, 0.15) is 6.04 Å². The van der Waals surface area contributed by atoms with Crippen LogP contribution in [0.15, 0.2) is 42.7 Å². The third-order valence-electron chi connectivity index (χ3n) is 3.78. The molecule has 0 unspecified atom stereocenters. The predicted octanol–water partition coefficient (Wildman–Crippen LogP) is 1.70. The Balaban J connectivity index is 1.68. The van der Waals surface area contributed by atoms with Crippen LogP contribution in [0.3, 0.4) is 0 Å². The van der Waals surface area contributed by atoms with Crippen LogP contribution in [0.2, 0.25) is 0 Å². The van der Waals surface area contributed by atoms with Crippen molar-refractivity contribution in [1.82, 2.24) is 9.78 Å². The number of anilines is 1. The molecule has 22 heavy (non-hydrogen) atoms. The first-order valence-electron chi connectivity index (χ1n) is 7.47. The normalized spacial score (nSPS) is 19.0. The number of nitrogens with zero attached hydrogens (tertiary/aromatic N) is 2. The summed E-state index contributed by atoms with van der Waals surface area (Å²) in [6.45, 7) is 1.56. The van der Waals surface area contributed by atoms with Gasteiger partial charge in [-0.25, -0.2) is 0 Å². The van der Waals surface area contributed by atoms with Crippen molar-refractivity contribution in [2.45, 2.75) is 31.5 Å². The Kier molecular flexibility index (Phi) is 4.39. The van der Waals surface area contributed by atoms with Crippen LogP contribution < -0.4 is 11.1 Å². The molecular formula is C16H20N4O2. The average molecular weight is 300 g/mol. The lowest BCUT2D eigenvalue weighted by molar-refractivity contribution is -0.118. The number of carbonyl (C=O) groups excluding carboxylic acids is 1. The van der Waals surface area contributed by atoms with E-state index in [4.69, 9.17) is 10.5 Å². The predicted molar refractivity (Wildman–Crippen MR) is 83.2 cm³/mol. The van der Waals surface area contributed by atoms with E-state index < -0.39 is 11.9 Å². The van der Waals surface area contributed by atoms with Crippen molar-refractivity contribution in [1.29, 1.82) is 0 Å². The summed E-state index contributed by atoms with van der Waals surface area (Å²) in [4.78, 5) is 11.7. The Bertz CT molecular complexity index is 620. The van der Waals surface area contributed by atoms with Gasteiger partial charge in [0.25, 0.3) is 0 Å². The monoisotopic (exact) mass is 300 g/mol. The highest BCUT2D eigenvalue weighted by Crippen LogP contribution is 2.20. The molecule has 2 aromatic rings. The fourth-order valence-corrected chi connectivity index (χ4v) is 2.67. The molecule has 0 radical (unpaired) electrons. The molecule has 0 spiro atoms. The number of aromatic nitrogens is 2. The smallest absolute Gasteiger partial charge is 0.244 e. The van der Waals surface area contributed by atoms with Gasteiger partial charge < -0.3 is 15.8 Å². The maximum atomic E-state index is 11.7. The van der Waals surface area contributed by atoms with E-state index in [-0.39, 0.29) is 6.10 Å². The lowest BCUT2D eigenvalue weighted by Gasteiger charge is -2.15. The summed E-state index contributed by atoms with van der Waals surface area (Å²) in [5.41, 5.74) is 7.11. The third-order valence-corrected chi connectivity index (χ3v) is 3.78. The van der Waals surface area contributed by atoms with Crippen molar-refractivity contribution in [3.05, 3.63) is 48.3 Å². The van der Waals surface area contributed by atoms with Gasteiger partial charge in [0, 0.05) is 12.8 Å². The molecule has 0 aliphatic carbocycles. The molecule has 1 aliphatic heterocycles. The molecule has 0 bridgehead atoms. The van der Waals surface area contributed by atoms with E-state index in [1.165, 1.54) is 0 Å². The fourth-order valence-electron chi connectivity index (χ4n) is 2.67. The van der Waals surface area contributed by atoms with Crippen molar-refractivity contribution in [3.63, 3.8) is 0 Å². The molecule has 6 heteroatoms. The molecule has 2 atom stereocenters. The van der Waals surface area contributed by atoms with E-state index in [1.807, 2.05) is 41.2 Å². The number of nitrogens with one attached hydrogen (secondary N) is 1. The zero-order chi connectivity index (χ0) is 15.4. The topological polar surface area (TPSA) is 82.2 Å². The Hall–Kier alpha value is -2.34. The van der Waals surface area contributed by atoms with E-state index >= 15 is 0 Å². The summed E-state index contributed by atoms with van der Waals surface area (Å²) >= 11 is 0. The van der Waals surface area contributed by atoms with Crippen LogP contribution in [0.4, 0.5) is 5.69 Å². The van der Waals surface area contributed by atoms with E-state index in [0.29, 0.717) is 0 Å². The first-order valence-corrected chi connectivity index (χ1v) is 7.47. The molecule has 1 aromatic carbocycles. The minimum atomic E-state index is -0.568. The molecule has 1 amide bonds. The SMILES string of the molecule is NC(=O)[C@@H](Nc1cnn(C[C@@H]2CCCO2)c1)c1ccccc1. The highest BCUT2D eigenvalue weighted by molar-refractivity contribution is 5.84. The molecule has 1 saturated heterocycles. The number of hydrogen-bond acceptors (Lipinski definition) is 4. The number of ether oxygens (including phenoxy) is 1. The molecule has 1 aliphatic rings. The Labute approximate surface area is 129 Å². The lowest BCUT2D eigenvalue weighted by atomic mass is 10.1. The Morgan fingerprint density at radius 3 is 2.95 bits per heavy atom. The molecule has 2 heterocycles. The highest BCUT2D eigenvalue weighted by Gasteiger charge is 2.19. The summed E-state index contributed by atoms with van der Waals surface area (Å²) in [6, 6.07) is 8.85. The molecule has 6 nitrogen and oxygen atoms in total. The second-order valence-electron chi connectivity index (χ2n) is 5.48. The molecule has 1 aromatic heterocycles. The zero-order valence-corrected chi connectivity index (χ0v) is 12.3. The summed E-state index contributed by atoms with van der Waals surface area (Å²) in [6.07, 6.45) is 5.98. The molecule has 3 rings (SSSR count). The number of amides is 1. The molecule has 1 fully saturated rings. The number of carbonyl (C=O) groups is 1. The van der Waals surface area contributed by atoms with Crippen LogP contribution in [0, 0.1) is 0 Å². The summed E-state index contributed by atoms with van der Waals surface area (Å²) in [7, 11) is 0. The van der Waals surface area contributed by atoms with Crippen LogP contribution in [0.1, 0.15) is 24.4 Å². The van der Waals surface area contributed by atoms with Crippen LogP contribution >= 0.6 is 0 Å². The number of primary amides is 1. The van der Waals surface area contributed by atoms with Crippen molar-refractivity contribution in [2.75, 3.05) is 11.9 Å². The standard InChI is InChI=1S/C16H20N4O2/c17-16(21)15(12-5-2-1-3-6-12)19-13-9-18-20(10-13)11-14-7-4-8-22-14/h1-3,5-6,9-10,14-15,19H,4,7-8,11H2,(H2,17,21)/t14-,15-/m0/s1. The minimum absolute atomic E-state index is 0.230. The fraction of sp³-hybridized carbons (Fsp3) is 0.375. The van der Waals surface area contributed by atoms with Gasteiger partial charge in [0.2, 0.25) is 5.91 Å². The number of rotatable bonds is 6. The van der Waals surface area contributed by atoms with Crippen molar-refractivity contribution < 1.29 is 9.53 Å². The minimum Gasteiger partial charge on any atom is -0.376 e. The lowest BCUT2D eigenvalue weighted by Crippen LogP contribution is -2.27. The second kappa shape index (κ2) is 6.62. The quantitative estimate of drug-likeness (QED) is 0.850. The molecule has 0 saturated carbocycles. The number of hydrogen-bond donors (Lipinski definition) is 2. The third kappa shape index (κ3) is 3.46. The van der Waals surface area contributed by atoms with Crippen LogP contribution in [-0.2, 0) is 16.1 Å². The Morgan fingerprint density at radius 1 is 1.45 bits per heavy atom. The van der Waals surface area contributed by atoms with Gasteiger partial charge in [0.05, 0.1) is 24.5 Å². The average Bonchev–Trinajstić information content (AvgIpc) is 3.18. The Morgan fingerprint density at radius 2 is 2.27 bits per heavy atom. The second-order valence-corrected chi connectivity index (χ2v) is 5.48. The summed E-state index contributed by atoms with van der Waals surface area (Å²) in [5, 5.41) is 7.45. The largest absolute Gasteiger partial charge is 0.376 e. The molecular weight excluding hydrogens is 280 g/mol. The maximum absolute atomic E-state index is 11.7. The zero-order valence-electron chi connectivity index (χ0n) is 12.3. The van der Waals surface area contributed by atoms with Crippen molar-refractivity contribution >= 4 is 11.6 Å². The highest BCUT2D eigenvalue weighted by atomic mass is 16.5. The maximum Gasteiger partial charge on any atom is 0.244 e. The summed E-state index contributed by atoms with van der Waals surface area (Å²) in [5.74, 6) is -0.418. The molecule has 3 N–H and O–H groups in total. The van der Waals surface area contributed by atoms with Crippen LogP contribution in [-0.4, -0.2) is 28.4 Å². The first-order chi connectivity index (χ1) is 10.7. The van der Waals surface area contributed by atoms with E-state index in [0.717, 1.165) is 37.2 Å². The number of nitrogens with two attached hydrogens (primary N) is 1. The van der Waals surface area contributed by atoms with E-state index in [1.54, 1.807) is 6.20 Å². The van der Waals surface area contributed by atoms with Gasteiger partial charge in [-0.1, -0.05) is 30.3 Å². The van der Waals surface area contributed by atoms with Crippen LogP contribution in [0.5, 0.6) is 0 Å². The van der Waals surface area contributed by atoms with Crippen LogP contribution in [0.25, 0.3) is 0 Å². The van der Waals surface area contributed by atoms with Crippen molar-refractivity contribution in [2.24, 2.45) is 5.73 Å². The summed E-state index contributed by atoms with van der Waals surface area (Å²) < 4.78 is 7.43. The van der Waals surface area contributed by atoms with Gasteiger partial charge >= 0.3 is 0 Å². The van der Waals surface area contributed by atoms with E-state index in [2.05, 4.69) is 10.4 Å². The number of benzene rings is 1. The molecule has 116 valence electrons.